The van der Waals surface area contributed by atoms with Crippen LogP contribution in [-0.2, 0) is 6.61 Å². The van der Waals surface area contributed by atoms with Gasteiger partial charge in [-0.1, -0.05) is 18.2 Å². The minimum Gasteiger partial charge on any atom is -0.390 e. The van der Waals surface area contributed by atoms with Crippen molar-refractivity contribution in [3.05, 3.63) is 47.7 Å². The fraction of sp³-hybridized carbons (Fsp3) is 0.125. The first-order valence-electron chi connectivity index (χ1n) is 6.31. The number of rotatable bonds is 1. The van der Waals surface area contributed by atoms with Crippen molar-refractivity contribution in [2.45, 2.75) is 13.5 Å². The Kier molecular flexibility index (Phi) is 2.22. The third-order valence-electron chi connectivity index (χ3n) is 3.74. The number of nitrogens with one attached hydrogen (secondary N) is 1. The van der Waals surface area contributed by atoms with E-state index in [0.717, 1.165) is 11.2 Å². The van der Waals surface area contributed by atoms with Gasteiger partial charge in [-0.25, -0.2) is 0 Å². The van der Waals surface area contributed by atoms with Gasteiger partial charge >= 0.3 is 0 Å². The van der Waals surface area contributed by atoms with E-state index in [9.17, 15) is 5.11 Å². The highest BCUT2D eigenvalue weighted by Crippen LogP contribution is 2.39. The van der Waals surface area contributed by atoms with Gasteiger partial charge in [-0.2, -0.15) is 0 Å². The van der Waals surface area contributed by atoms with Gasteiger partial charge in [0.25, 0.3) is 0 Å². The number of aliphatic hydroxyl groups excluding tert-OH is 1. The van der Waals surface area contributed by atoms with Crippen molar-refractivity contribution in [1.82, 2.24) is 4.98 Å². The van der Waals surface area contributed by atoms with E-state index in [1.165, 1.54) is 31.1 Å². The summed E-state index contributed by atoms with van der Waals surface area (Å²) in [6, 6.07) is 12.8. The van der Waals surface area contributed by atoms with Gasteiger partial charge in [0.2, 0.25) is 0 Å². The van der Waals surface area contributed by atoms with Gasteiger partial charge in [-0.15, -0.1) is 11.3 Å². The Labute approximate surface area is 114 Å². The Morgan fingerprint density at radius 2 is 1.95 bits per heavy atom. The molecule has 0 fully saturated rings. The number of aromatic nitrogens is 1. The summed E-state index contributed by atoms with van der Waals surface area (Å²) in [7, 11) is 0. The molecule has 0 saturated carbocycles. The summed E-state index contributed by atoms with van der Waals surface area (Å²) in [5.74, 6) is 0. The van der Waals surface area contributed by atoms with Gasteiger partial charge in [-0.3, -0.25) is 0 Å². The Bertz CT molecular complexity index is 917. The second-order valence-corrected chi connectivity index (χ2v) is 5.94. The maximum Gasteiger partial charge on any atom is 0.0831 e. The van der Waals surface area contributed by atoms with E-state index in [0.29, 0.717) is 0 Å². The molecule has 94 valence electrons. The SMILES string of the molecule is Cc1c2cc(CO)[nH]c2cc2c1sc1ccccc12. The molecule has 3 heteroatoms. The zero-order valence-electron chi connectivity index (χ0n) is 10.5. The quantitative estimate of drug-likeness (QED) is 0.529. The molecule has 2 nitrogen and oxygen atoms in total. The molecule has 4 rings (SSSR count). The van der Waals surface area contributed by atoms with Gasteiger partial charge in [0, 0.05) is 36.8 Å². The summed E-state index contributed by atoms with van der Waals surface area (Å²) >= 11 is 1.84. The van der Waals surface area contributed by atoms with Crippen molar-refractivity contribution < 1.29 is 5.11 Å². The number of hydrogen-bond acceptors (Lipinski definition) is 2. The molecule has 0 aliphatic carbocycles. The molecule has 0 radical (unpaired) electrons. The molecule has 2 heterocycles. The van der Waals surface area contributed by atoms with Gasteiger partial charge < -0.3 is 10.1 Å². The van der Waals surface area contributed by atoms with Crippen LogP contribution in [0, 0.1) is 6.92 Å². The molecule has 2 aromatic heterocycles. The van der Waals surface area contributed by atoms with Crippen LogP contribution < -0.4 is 0 Å². The van der Waals surface area contributed by atoms with Crippen LogP contribution in [0.1, 0.15) is 11.3 Å². The van der Waals surface area contributed by atoms with Crippen LogP contribution in [0.2, 0.25) is 0 Å². The van der Waals surface area contributed by atoms with Gasteiger partial charge in [-0.05, 0) is 30.7 Å². The molecule has 0 aliphatic heterocycles. The molecular weight excluding hydrogens is 254 g/mol. The van der Waals surface area contributed by atoms with Crippen molar-refractivity contribution in [2.75, 3.05) is 0 Å². The van der Waals surface area contributed by atoms with Crippen LogP contribution in [0.4, 0.5) is 0 Å². The third-order valence-corrected chi connectivity index (χ3v) is 5.05. The standard InChI is InChI=1S/C16H13NOS/c1-9-12-6-10(8-18)17-14(12)7-13-11-4-2-3-5-15(11)19-16(9)13/h2-7,17-18H,8H2,1H3. The summed E-state index contributed by atoms with van der Waals surface area (Å²) in [4.78, 5) is 3.29. The van der Waals surface area contributed by atoms with Crippen molar-refractivity contribution in [2.24, 2.45) is 0 Å². The zero-order valence-corrected chi connectivity index (χ0v) is 11.3. The van der Waals surface area contributed by atoms with Crippen molar-refractivity contribution >= 4 is 42.4 Å². The predicted octanol–water partition coefficient (Wildman–Crippen LogP) is 4.34. The molecule has 2 N–H and O–H groups in total. The average Bonchev–Trinajstić information content (AvgIpc) is 3.01. The molecule has 0 spiro atoms. The van der Waals surface area contributed by atoms with E-state index in [4.69, 9.17) is 0 Å². The van der Waals surface area contributed by atoms with Crippen LogP contribution in [0.5, 0.6) is 0 Å². The summed E-state index contributed by atoms with van der Waals surface area (Å²) in [6.45, 7) is 2.22. The number of aryl methyl sites for hydroxylation is 1. The first-order valence-corrected chi connectivity index (χ1v) is 7.13. The second kappa shape index (κ2) is 3.83. The van der Waals surface area contributed by atoms with E-state index < -0.39 is 0 Å². The zero-order chi connectivity index (χ0) is 13.0. The van der Waals surface area contributed by atoms with Crippen molar-refractivity contribution in [1.29, 1.82) is 0 Å². The lowest BCUT2D eigenvalue weighted by Crippen LogP contribution is -1.79. The number of fused-ring (bicyclic) bond motifs is 4. The van der Waals surface area contributed by atoms with Gasteiger partial charge in [0.05, 0.1) is 6.61 Å². The topological polar surface area (TPSA) is 36.0 Å². The molecule has 0 aliphatic rings. The Balaban J connectivity index is 2.23. The molecule has 19 heavy (non-hydrogen) atoms. The van der Waals surface area contributed by atoms with Crippen LogP contribution in [0.3, 0.4) is 0 Å². The van der Waals surface area contributed by atoms with Crippen molar-refractivity contribution in [3.63, 3.8) is 0 Å². The van der Waals surface area contributed by atoms with E-state index >= 15 is 0 Å². The number of hydrogen-bond donors (Lipinski definition) is 2. The highest BCUT2D eigenvalue weighted by Gasteiger charge is 2.11. The molecule has 4 aromatic rings. The monoisotopic (exact) mass is 267 g/mol. The number of aliphatic hydroxyl groups is 1. The number of thiophene rings is 1. The minimum atomic E-state index is 0.0581. The smallest absolute Gasteiger partial charge is 0.0831 e. The third kappa shape index (κ3) is 1.46. The molecule has 0 saturated heterocycles. The lowest BCUT2D eigenvalue weighted by atomic mass is 10.1. The van der Waals surface area contributed by atoms with Gasteiger partial charge in [0.15, 0.2) is 0 Å². The number of benzene rings is 2. The van der Waals surface area contributed by atoms with Crippen LogP contribution in [-0.4, -0.2) is 10.1 Å². The lowest BCUT2D eigenvalue weighted by Gasteiger charge is -1.99. The number of H-pyrrole nitrogens is 1. The molecule has 0 bridgehead atoms. The summed E-state index contributed by atoms with van der Waals surface area (Å²) in [6.07, 6.45) is 0. The largest absolute Gasteiger partial charge is 0.390 e. The van der Waals surface area contributed by atoms with E-state index in [-0.39, 0.29) is 6.61 Å². The first-order chi connectivity index (χ1) is 9.28. The molecule has 0 amide bonds. The van der Waals surface area contributed by atoms with E-state index in [1.54, 1.807) is 0 Å². The first kappa shape index (κ1) is 11.0. The molecule has 0 unspecified atom stereocenters. The summed E-state index contributed by atoms with van der Waals surface area (Å²) in [5.41, 5.74) is 3.28. The molecular formula is C16H13NOS. The highest BCUT2D eigenvalue weighted by atomic mass is 32.1. The molecule has 2 aromatic carbocycles. The Morgan fingerprint density at radius 1 is 1.11 bits per heavy atom. The Hall–Kier alpha value is -1.84. The fourth-order valence-corrected chi connectivity index (χ4v) is 3.99. The number of aromatic amines is 1. The normalized spacial score (nSPS) is 11.9. The van der Waals surface area contributed by atoms with Crippen LogP contribution in [0.25, 0.3) is 31.1 Å². The maximum atomic E-state index is 9.26. The average molecular weight is 267 g/mol. The highest BCUT2D eigenvalue weighted by molar-refractivity contribution is 7.26. The van der Waals surface area contributed by atoms with Crippen LogP contribution >= 0.6 is 11.3 Å². The van der Waals surface area contributed by atoms with Gasteiger partial charge in [0.1, 0.15) is 0 Å². The van der Waals surface area contributed by atoms with E-state index in [1.807, 2.05) is 11.3 Å². The summed E-state index contributed by atoms with van der Waals surface area (Å²) in [5, 5.41) is 13.1. The summed E-state index contributed by atoms with van der Waals surface area (Å²) < 4.78 is 2.67. The van der Waals surface area contributed by atoms with Crippen molar-refractivity contribution in [3.8, 4) is 0 Å². The second-order valence-electron chi connectivity index (χ2n) is 4.89. The minimum absolute atomic E-state index is 0.0581. The Morgan fingerprint density at radius 3 is 2.79 bits per heavy atom. The van der Waals surface area contributed by atoms with Crippen LogP contribution in [0.15, 0.2) is 36.4 Å². The lowest BCUT2D eigenvalue weighted by molar-refractivity contribution is 0.278. The maximum absolute atomic E-state index is 9.26. The molecule has 0 atom stereocenters. The fourth-order valence-electron chi connectivity index (χ4n) is 2.79. The predicted molar refractivity (Wildman–Crippen MR) is 81.8 cm³/mol. The van der Waals surface area contributed by atoms with E-state index in [2.05, 4.69) is 48.3 Å².